The summed E-state index contributed by atoms with van der Waals surface area (Å²) >= 11 is 7.41. The van der Waals surface area contributed by atoms with Crippen molar-refractivity contribution in [3.63, 3.8) is 0 Å². The Labute approximate surface area is 169 Å². The Kier molecular flexibility index (Phi) is 6.47. The molecule has 0 radical (unpaired) electrons. The van der Waals surface area contributed by atoms with Gasteiger partial charge in [-0.2, -0.15) is 4.31 Å². The standard InChI is InChI=1S/C19H21ClN2O3S2/c1-14-4-5-15(12-18(14)20)21-19(23)13-26-16-6-8-17(9-7-16)27(24,25)22-10-2-3-11-22/h4-9,12H,2-3,10-11,13H2,1H3,(H,21,23). The van der Waals surface area contributed by atoms with E-state index >= 15 is 0 Å². The summed E-state index contributed by atoms with van der Waals surface area (Å²) in [5, 5.41) is 3.41. The van der Waals surface area contributed by atoms with Crippen molar-refractivity contribution < 1.29 is 13.2 Å². The van der Waals surface area contributed by atoms with Gasteiger partial charge in [-0.25, -0.2) is 8.42 Å². The summed E-state index contributed by atoms with van der Waals surface area (Å²) in [4.78, 5) is 13.2. The van der Waals surface area contributed by atoms with Crippen molar-refractivity contribution in [2.24, 2.45) is 0 Å². The van der Waals surface area contributed by atoms with E-state index in [0.29, 0.717) is 28.7 Å². The molecular weight excluding hydrogens is 404 g/mol. The molecule has 144 valence electrons. The van der Waals surface area contributed by atoms with Crippen LogP contribution >= 0.6 is 23.4 Å². The van der Waals surface area contributed by atoms with Gasteiger partial charge in [0.25, 0.3) is 0 Å². The number of amides is 1. The maximum atomic E-state index is 12.5. The Morgan fingerprint density at radius 2 is 1.81 bits per heavy atom. The zero-order valence-corrected chi connectivity index (χ0v) is 17.3. The lowest BCUT2D eigenvalue weighted by Gasteiger charge is -2.15. The second-order valence-corrected chi connectivity index (χ2v) is 9.78. The lowest BCUT2D eigenvalue weighted by Crippen LogP contribution is -2.27. The maximum Gasteiger partial charge on any atom is 0.243 e. The van der Waals surface area contributed by atoms with Crippen LogP contribution in [0.4, 0.5) is 5.69 Å². The zero-order valence-electron chi connectivity index (χ0n) is 14.9. The Morgan fingerprint density at radius 1 is 1.15 bits per heavy atom. The molecule has 5 nitrogen and oxygen atoms in total. The second kappa shape index (κ2) is 8.65. The molecule has 1 aliphatic rings. The number of nitrogens with zero attached hydrogens (tertiary/aromatic N) is 1. The van der Waals surface area contributed by atoms with E-state index in [2.05, 4.69) is 5.32 Å². The number of anilines is 1. The monoisotopic (exact) mass is 424 g/mol. The minimum Gasteiger partial charge on any atom is -0.325 e. The third kappa shape index (κ3) is 5.04. The predicted molar refractivity (Wildman–Crippen MR) is 110 cm³/mol. The highest BCUT2D eigenvalue weighted by Crippen LogP contribution is 2.25. The molecule has 1 amide bonds. The van der Waals surface area contributed by atoms with Crippen molar-refractivity contribution in [2.75, 3.05) is 24.2 Å². The number of nitrogens with one attached hydrogen (secondary N) is 1. The molecule has 0 aliphatic carbocycles. The maximum absolute atomic E-state index is 12.5. The van der Waals surface area contributed by atoms with Crippen LogP contribution in [-0.4, -0.2) is 37.5 Å². The molecule has 3 rings (SSSR count). The SMILES string of the molecule is Cc1ccc(NC(=O)CSc2ccc(S(=O)(=O)N3CCCC3)cc2)cc1Cl. The van der Waals surface area contributed by atoms with E-state index < -0.39 is 10.0 Å². The highest BCUT2D eigenvalue weighted by Gasteiger charge is 2.26. The van der Waals surface area contributed by atoms with Crippen molar-refractivity contribution >= 4 is 45.0 Å². The highest BCUT2D eigenvalue weighted by atomic mass is 35.5. The summed E-state index contributed by atoms with van der Waals surface area (Å²) in [6, 6.07) is 12.1. The largest absolute Gasteiger partial charge is 0.325 e. The van der Waals surface area contributed by atoms with E-state index in [1.54, 1.807) is 30.3 Å². The van der Waals surface area contributed by atoms with Crippen molar-refractivity contribution in [1.29, 1.82) is 0 Å². The van der Waals surface area contributed by atoms with Gasteiger partial charge in [-0.1, -0.05) is 17.7 Å². The smallest absolute Gasteiger partial charge is 0.243 e. The Hall–Kier alpha value is -1.54. The van der Waals surface area contributed by atoms with Gasteiger partial charge in [0.1, 0.15) is 0 Å². The van der Waals surface area contributed by atoms with Crippen LogP contribution in [0.5, 0.6) is 0 Å². The van der Waals surface area contributed by atoms with Gasteiger partial charge in [-0.15, -0.1) is 11.8 Å². The average molecular weight is 425 g/mol. The van der Waals surface area contributed by atoms with Gasteiger partial charge in [-0.05, 0) is 61.7 Å². The van der Waals surface area contributed by atoms with Gasteiger partial charge in [0, 0.05) is 28.7 Å². The number of thioether (sulfide) groups is 1. The van der Waals surface area contributed by atoms with Gasteiger partial charge < -0.3 is 5.32 Å². The predicted octanol–water partition coefficient (Wildman–Crippen LogP) is 4.16. The Morgan fingerprint density at radius 3 is 2.44 bits per heavy atom. The summed E-state index contributed by atoms with van der Waals surface area (Å²) in [6.07, 6.45) is 1.82. The molecule has 1 N–H and O–H groups in total. The highest BCUT2D eigenvalue weighted by molar-refractivity contribution is 8.00. The van der Waals surface area contributed by atoms with Crippen LogP contribution in [0.25, 0.3) is 0 Å². The van der Waals surface area contributed by atoms with Crippen LogP contribution in [0, 0.1) is 6.92 Å². The van der Waals surface area contributed by atoms with E-state index in [1.165, 1.54) is 16.1 Å². The molecule has 27 heavy (non-hydrogen) atoms. The number of rotatable bonds is 6. The number of halogens is 1. The Bertz CT molecular complexity index is 924. The van der Waals surface area contributed by atoms with E-state index in [1.807, 2.05) is 19.1 Å². The van der Waals surface area contributed by atoms with Gasteiger partial charge in [0.15, 0.2) is 0 Å². The topological polar surface area (TPSA) is 66.5 Å². The quantitative estimate of drug-likeness (QED) is 0.707. The van der Waals surface area contributed by atoms with Crippen LogP contribution in [0.3, 0.4) is 0 Å². The fourth-order valence-electron chi connectivity index (χ4n) is 2.80. The lowest BCUT2D eigenvalue weighted by atomic mass is 10.2. The molecule has 2 aromatic carbocycles. The summed E-state index contributed by atoms with van der Waals surface area (Å²) in [6.45, 7) is 3.07. The molecule has 0 atom stereocenters. The first-order valence-electron chi connectivity index (χ1n) is 8.65. The minimum atomic E-state index is -3.40. The molecule has 2 aromatic rings. The van der Waals surface area contributed by atoms with Crippen molar-refractivity contribution in [2.45, 2.75) is 29.6 Å². The number of hydrogen-bond acceptors (Lipinski definition) is 4. The number of carbonyl (C=O) groups is 1. The number of benzene rings is 2. The fraction of sp³-hybridized carbons (Fsp3) is 0.316. The summed E-state index contributed by atoms with van der Waals surface area (Å²) in [5.41, 5.74) is 1.61. The molecule has 0 saturated carbocycles. The normalized spacial score (nSPS) is 15.0. The molecule has 8 heteroatoms. The molecule has 0 unspecified atom stereocenters. The molecule has 0 spiro atoms. The van der Waals surface area contributed by atoms with Crippen LogP contribution in [-0.2, 0) is 14.8 Å². The van der Waals surface area contributed by atoms with E-state index in [9.17, 15) is 13.2 Å². The molecule has 0 aromatic heterocycles. The first kappa shape index (κ1) is 20.2. The third-order valence-electron chi connectivity index (χ3n) is 4.35. The first-order chi connectivity index (χ1) is 12.9. The van der Waals surface area contributed by atoms with Crippen LogP contribution < -0.4 is 5.32 Å². The van der Waals surface area contributed by atoms with Crippen molar-refractivity contribution in [3.05, 3.63) is 53.1 Å². The molecule has 1 fully saturated rings. The van der Waals surface area contributed by atoms with E-state index in [4.69, 9.17) is 11.6 Å². The van der Waals surface area contributed by atoms with Crippen LogP contribution in [0.1, 0.15) is 18.4 Å². The van der Waals surface area contributed by atoms with Crippen LogP contribution in [0.2, 0.25) is 5.02 Å². The Balaban J connectivity index is 1.56. The molecule has 1 heterocycles. The zero-order chi connectivity index (χ0) is 19.4. The van der Waals surface area contributed by atoms with Gasteiger partial charge in [0.05, 0.1) is 10.6 Å². The molecule has 1 saturated heterocycles. The average Bonchev–Trinajstić information content (AvgIpc) is 3.19. The van der Waals surface area contributed by atoms with E-state index in [0.717, 1.165) is 23.3 Å². The number of carbonyl (C=O) groups excluding carboxylic acids is 1. The van der Waals surface area contributed by atoms with Gasteiger partial charge in [0.2, 0.25) is 15.9 Å². The summed E-state index contributed by atoms with van der Waals surface area (Å²) in [5.74, 6) is 0.0812. The molecular formula is C19H21ClN2O3S2. The number of aryl methyl sites for hydroxylation is 1. The first-order valence-corrected chi connectivity index (χ1v) is 11.5. The van der Waals surface area contributed by atoms with Crippen LogP contribution in [0.15, 0.2) is 52.3 Å². The van der Waals surface area contributed by atoms with Gasteiger partial charge >= 0.3 is 0 Å². The number of hydrogen-bond donors (Lipinski definition) is 1. The van der Waals surface area contributed by atoms with Crippen molar-refractivity contribution in [3.8, 4) is 0 Å². The fourth-order valence-corrected chi connectivity index (χ4v) is 5.20. The lowest BCUT2D eigenvalue weighted by molar-refractivity contribution is -0.113. The number of sulfonamides is 1. The van der Waals surface area contributed by atoms with E-state index in [-0.39, 0.29) is 11.7 Å². The third-order valence-corrected chi connectivity index (χ3v) is 7.68. The summed E-state index contributed by atoms with van der Waals surface area (Å²) in [7, 11) is -3.40. The molecule has 1 aliphatic heterocycles. The summed E-state index contributed by atoms with van der Waals surface area (Å²) < 4.78 is 26.5. The second-order valence-electron chi connectivity index (χ2n) is 6.38. The van der Waals surface area contributed by atoms with Gasteiger partial charge in [-0.3, -0.25) is 4.79 Å². The van der Waals surface area contributed by atoms with Crippen molar-refractivity contribution in [1.82, 2.24) is 4.31 Å². The minimum absolute atomic E-state index is 0.145. The molecule has 0 bridgehead atoms.